The summed E-state index contributed by atoms with van der Waals surface area (Å²) in [6.45, 7) is 8.52. The molecule has 220 valence electrons. The van der Waals surface area contributed by atoms with Gasteiger partial charge in [-0.05, 0) is 51.0 Å². The Morgan fingerprint density at radius 1 is 0.925 bits per heavy atom. The van der Waals surface area contributed by atoms with Gasteiger partial charge >= 0.3 is 18.0 Å². The van der Waals surface area contributed by atoms with Crippen molar-refractivity contribution in [3.63, 3.8) is 0 Å². The highest BCUT2D eigenvalue weighted by Crippen LogP contribution is 2.20. The predicted molar refractivity (Wildman–Crippen MR) is 143 cm³/mol. The summed E-state index contributed by atoms with van der Waals surface area (Å²) < 4.78 is 20.3. The van der Waals surface area contributed by atoms with E-state index >= 15 is 0 Å². The molecule has 2 fully saturated rings. The Kier molecular flexibility index (Phi) is 11.3. The number of carbonyl (C=O) groups excluding carboxylic acids is 5. The van der Waals surface area contributed by atoms with Gasteiger partial charge in [0, 0.05) is 37.8 Å². The smallest absolute Gasteiger partial charge is 0.412 e. The first kappa shape index (κ1) is 30.9. The lowest BCUT2D eigenvalue weighted by Gasteiger charge is -2.41. The third kappa shape index (κ3) is 9.22. The first-order valence-electron chi connectivity index (χ1n) is 13.6. The fourth-order valence-corrected chi connectivity index (χ4v) is 4.46. The van der Waals surface area contributed by atoms with Gasteiger partial charge in [-0.15, -0.1) is 0 Å². The van der Waals surface area contributed by atoms with Crippen LogP contribution in [0.25, 0.3) is 0 Å². The minimum absolute atomic E-state index is 0.0146. The zero-order valence-electron chi connectivity index (χ0n) is 23.6. The number of amides is 2. The summed E-state index contributed by atoms with van der Waals surface area (Å²) in [7, 11) is 0. The van der Waals surface area contributed by atoms with Gasteiger partial charge in [0.1, 0.15) is 5.75 Å². The predicted octanol–water partition coefficient (Wildman–Crippen LogP) is 2.10. The molecule has 0 aliphatic carbocycles. The number of benzene rings is 1. The zero-order valence-corrected chi connectivity index (χ0v) is 23.6. The molecule has 2 heterocycles. The van der Waals surface area contributed by atoms with Crippen LogP contribution in [0.2, 0.25) is 0 Å². The Labute approximate surface area is 234 Å². The number of nitrogens with zero attached hydrogens (tertiary/aromatic N) is 3. The van der Waals surface area contributed by atoms with Crippen molar-refractivity contribution in [3.05, 3.63) is 29.8 Å². The number of hydrogen-bond acceptors (Lipinski definition) is 10. The Morgan fingerprint density at radius 2 is 1.60 bits per heavy atom. The van der Waals surface area contributed by atoms with Crippen molar-refractivity contribution in [2.24, 2.45) is 5.92 Å². The molecule has 12 nitrogen and oxygen atoms in total. The van der Waals surface area contributed by atoms with Gasteiger partial charge < -0.3 is 28.7 Å². The molecule has 0 bridgehead atoms. The van der Waals surface area contributed by atoms with Crippen molar-refractivity contribution in [2.45, 2.75) is 52.7 Å². The molecule has 12 heteroatoms. The first-order chi connectivity index (χ1) is 19.0. The zero-order chi connectivity index (χ0) is 29.2. The fourth-order valence-electron chi connectivity index (χ4n) is 4.46. The van der Waals surface area contributed by atoms with Gasteiger partial charge in [-0.1, -0.05) is 13.8 Å². The van der Waals surface area contributed by atoms with E-state index < -0.39 is 24.8 Å². The molecule has 0 N–H and O–H groups in total. The molecule has 3 rings (SSSR count). The second-order valence-corrected chi connectivity index (χ2v) is 10.4. The Bertz CT molecular complexity index is 1050. The highest BCUT2D eigenvalue weighted by atomic mass is 16.7. The minimum atomic E-state index is -0.525. The van der Waals surface area contributed by atoms with Crippen molar-refractivity contribution >= 4 is 29.7 Å². The normalized spacial score (nSPS) is 16.7. The van der Waals surface area contributed by atoms with Crippen molar-refractivity contribution in [1.82, 2.24) is 14.7 Å². The second-order valence-electron chi connectivity index (χ2n) is 10.4. The summed E-state index contributed by atoms with van der Waals surface area (Å²) in [5, 5.41) is 0. The molecule has 2 saturated heterocycles. The molecule has 0 unspecified atom stereocenters. The van der Waals surface area contributed by atoms with E-state index in [4.69, 9.17) is 18.9 Å². The van der Waals surface area contributed by atoms with Gasteiger partial charge in [0.25, 0.3) is 0 Å². The number of likely N-dealkylation sites (tertiary alicyclic amines) is 1. The molecule has 40 heavy (non-hydrogen) atoms. The molecule has 2 aliphatic rings. The van der Waals surface area contributed by atoms with Gasteiger partial charge in [0.15, 0.2) is 12.4 Å². The van der Waals surface area contributed by atoms with Crippen molar-refractivity contribution in [1.29, 1.82) is 0 Å². The van der Waals surface area contributed by atoms with Crippen LogP contribution in [0.1, 0.15) is 50.9 Å². The van der Waals surface area contributed by atoms with Crippen molar-refractivity contribution < 1.29 is 42.9 Å². The molecule has 1 aromatic carbocycles. The summed E-state index contributed by atoms with van der Waals surface area (Å²) in [5.41, 5.74) is 0.450. The molecular weight excluding hydrogens is 522 g/mol. The van der Waals surface area contributed by atoms with Crippen LogP contribution in [-0.4, -0.2) is 109 Å². The lowest BCUT2D eigenvalue weighted by Crippen LogP contribution is -2.56. The van der Waals surface area contributed by atoms with E-state index in [1.54, 1.807) is 61.8 Å². The molecule has 0 aromatic heterocycles. The topological polar surface area (TPSA) is 132 Å². The van der Waals surface area contributed by atoms with Gasteiger partial charge in [0.2, 0.25) is 12.7 Å². The average molecular weight is 562 g/mol. The largest absolute Gasteiger partial charge is 0.482 e. The second kappa shape index (κ2) is 14.6. The van der Waals surface area contributed by atoms with Gasteiger partial charge in [0.05, 0.1) is 25.1 Å². The summed E-state index contributed by atoms with van der Waals surface area (Å²) in [4.78, 5) is 66.2. The number of esters is 2. The SMILES string of the molecule is CC(C)OC(=O)COc1ccc(C(=O)CN2CCN(C3CCN(C(=O)OCOC(=O)C(C)C)CC3)CC2=O)cc1. The van der Waals surface area contributed by atoms with E-state index in [9.17, 15) is 24.0 Å². The number of rotatable bonds is 11. The van der Waals surface area contributed by atoms with E-state index in [0.717, 1.165) is 0 Å². The molecule has 0 radical (unpaired) electrons. The minimum Gasteiger partial charge on any atom is -0.482 e. The van der Waals surface area contributed by atoms with Crippen LogP contribution in [0.15, 0.2) is 24.3 Å². The number of carbonyl (C=O) groups is 5. The molecular formula is C28H39N3O9. The van der Waals surface area contributed by atoms with Crippen LogP contribution >= 0.6 is 0 Å². The van der Waals surface area contributed by atoms with Gasteiger partial charge in [-0.3, -0.25) is 19.3 Å². The van der Waals surface area contributed by atoms with Crippen LogP contribution in [0.5, 0.6) is 5.75 Å². The number of ether oxygens (including phenoxy) is 4. The molecule has 2 amide bonds. The maximum atomic E-state index is 12.8. The Morgan fingerprint density at radius 3 is 2.20 bits per heavy atom. The van der Waals surface area contributed by atoms with Crippen LogP contribution in [0, 0.1) is 5.92 Å². The summed E-state index contributed by atoms with van der Waals surface area (Å²) >= 11 is 0. The highest BCUT2D eigenvalue weighted by molar-refractivity contribution is 5.99. The number of ketones is 1. The first-order valence-corrected chi connectivity index (χ1v) is 13.6. The fraction of sp³-hybridized carbons (Fsp3) is 0.607. The van der Waals surface area contributed by atoms with E-state index in [-0.39, 0.29) is 49.5 Å². The Hall–Kier alpha value is -3.67. The molecule has 0 saturated carbocycles. The average Bonchev–Trinajstić information content (AvgIpc) is 2.92. The number of piperazine rings is 1. The summed E-state index contributed by atoms with van der Waals surface area (Å²) in [6.07, 6.45) is 0.634. The molecule has 1 aromatic rings. The van der Waals surface area contributed by atoms with E-state index in [1.165, 1.54) is 0 Å². The van der Waals surface area contributed by atoms with Crippen LogP contribution in [-0.2, 0) is 28.6 Å². The van der Waals surface area contributed by atoms with E-state index in [2.05, 4.69) is 4.90 Å². The van der Waals surface area contributed by atoms with E-state index in [0.29, 0.717) is 50.3 Å². The molecule has 2 aliphatic heterocycles. The highest BCUT2D eigenvalue weighted by Gasteiger charge is 2.33. The summed E-state index contributed by atoms with van der Waals surface area (Å²) in [6, 6.07) is 6.58. The maximum absolute atomic E-state index is 12.8. The van der Waals surface area contributed by atoms with Crippen LogP contribution in [0.3, 0.4) is 0 Å². The maximum Gasteiger partial charge on any atom is 0.412 e. The van der Waals surface area contributed by atoms with Crippen molar-refractivity contribution in [3.8, 4) is 5.75 Å². The third-order valence-corrected chi connectivity index (χ3v) is 6.68. The monoisotopic (exact) mass is 561 g/mol. The lowest BCUT2D eigenvalue weighted by molar-refractivity contribution is -0.156. The third-order valence-electron chi connectivity index (χ3n) is 6.68. The van der Waals surface area contributed by atoms with Crippen LogP contribution in [0.4, 0.5) is 4.79 Å². The Balaban J connectivity index is 1.38. The van der Waals surface area contributed by atoms with Crippen molar-refractivity contribution in [2.75, 3.05) is 52.7 Å². The molecule has 0 atom stereocenters. The number of hydrogen-bond donors (Lipinski definition) is 0. The van der Waals surface area contributed by atoms with Crippen LogP contribution < -0.4 is 4.74 Å². The number of Topliss-reactive ketones (excluding diaryl/α,β-unsaturated/α-hetero) is 1. The number of piperidine rings is 1. The summed E-state index contributed by atoms with van der Waals surface area (Å²) in [5.74, 6) is -1.05. The van der Waals surface area contributed by atoms with E-state index in [1.807, 2.05) is 0 Å². The molecule has 0 spiro atoms. The lowest BCUT2D eigenvalue weighted by atomic mass is 10.0. The quantitative estimate of drug-likeness (QED) is 0.225. The van der Waals surface area contributed by atoms with Gasteiger partial charge in [-0.25, -0.2) is 9.59 Å². The standard InChI is InChI=1S/C28H39N3O9/c1-19(2)27(35)38-18-39-28(36)29-11-9-22(10-12-29)30-13-14-31(25(33)16-30)15-24(32)21-5-7-23(8-6-21)37-17-26(34)40-20(3)4/h5-8,19-20,22H,9-18H2,1-4H3. The van der Waals surface area contributed by atoms with Gasteiger partial charge in [-0.2, -0.15) is 0 Å².